The molecule has 7 heteroatoms. The number of nitro groups is 1. The van der Waals surface area contributed by atoms with Crippen LogP contribution in [0.25, 0.3) is 11.0 Å². The van der Waals surface area contributed by atoms with Crippen molar-refractivity contribution in [2.24, 2.45) is 0 Å². The zero-order chi connectivity index (χ0) is 16.2. The summed E-state index contributed by atoms with van der Waals surface area (Å²) < 4.78 is 5.57. The van der Waals surface area contributed by atoms with E-state index in [4.69, 9.17) is 4.74 Å². The number of fused-ring (bicyclic) bond motifs is 1. The van der Waals surface area contributed by atoms with Gasteiger partial charge in [-0.2, -0.15) is 0 Å². The van der Waals surface area contributed by atoms with E-state index in [0.29, 0.717) is 17.8 Å². The Morgan fingerprint density at radius 2 is 1.91 bits per heavy atom. The van der Waals surface area contributed by atoms with E-state index in [-0.39, 0.29) is 12.1 Å². The Hall–Kier alpha value is -3.06. The molecule has 0 spiro atoms. The summed E-state index contributed by atoms with van der Waals surface area (Å²) in [5.41, 5.74) is 1.62. The second-order valence-corrected chi connectivity index (χ2v) is 4.90. The van der Waals surface area contributed by atoms with Crippen molar-refractivity contribution in [1.29, 1.82) is 0 Å². The lowest BCUT2D eigenvalue weighted by molar-refractivity contribution is -0.386. The molecule has 0 aliphatic heterocycles. The molecule has 116 valence electrons. The molecule has 23 heavy (non-hydrogen) atoms. The largest absolute Gasteiger partial charge is 0.500 e. The van der Waals surface area contributed by atoms with E-state index in [1.54, 1.807) is 12.1 Å². The molecule has 0 fully saturated rings. The average molecular weight is 311 g/mol. The highest BCUT2D eigenvalue weighted by Gasteiger charge is 2.18. The monoisotopic (exact) mass is 311 g/mol. The van der Waals surface area contributed by atoms with E-state index in [1.165, 1.54) is 0 Å². The normalized spacial score (nSPS) is 10.8. The van der Waals surface area contributed by atoms with Crippen molar-refractivity contribution >= 4 is 16.7 Å². The summed E-state index contributed by atoms with van der Waals surface area (Å²) in [6.45, 7) is 0.659. The smallest absolute Gasteiger partial charge is 0.331 e. The third-order valence-electron chi connectivity index (χ3n) is 3.28. The van der Waals surface area contributed by atoms with Gasteiger partial charge >= 0.3 is 5.69 Å². The van der Waals surface area contributed by atoms with Gasteiger partial charge in [-0.05, 0) is 17.7 Å². The van der Waals surface area contributed by atoms with Crippen LogP contribution in [0.2, 0.25) is 0 Å². The molecular weight excluding hydrogens is 298 g/mol. The molecule has 0 saturated carbocycles. The molecule has 1 aromatic carbocycles. The Bertz CT molecular complexity index is 853. The third kappa shape index (κ3) is 3.24. The molecule has 3 aromatic rings. The maximum absolute atomic E-state index is 10.8. The van der Waals surface area contributed by atoms with Gasteiger partial charge in [0.2, 0.25) is 5.75 Å². The van der Waals surface area contributed by atoms with Gasteiger partial charge in [0.1, 0.15) is 11.7 Å². The molecule has 2 aromatic heterocycles. The molecule has 3 rings (SSSR count). The predicted molar refractivity (Wildman–Crippen MR) is 82.8 cm³/mol. The fourth-order valence-electron chi connectivity index (χ4n) is 2.15. The summed E-state index contributed by atoms with van der Waals surface area (Å²) in [5.74, 6) is -0.482. The quantitative estimate of drug-likeness (QED) is 0.574. The molecule has 0 atom stereocenters. The third-order valence-corrected chi connectivity index (χ3v) is 3.28. The van der Waals surface area contributed by atoms with Crippen molar-refractivity contribution in [2.45, 2.75) is 13.2 Å². The molecular formula is C16H13N3O4. The number of nitrogens with zero attached hydrogens (tertiary/aromatic N) is 3. The van der Waals surface area contributed by atoms with Crippen LogP contribution in [-0.4, -0.2) is 20.0 Å². The van der Waals surface area contributed by atoms with E-state index < -0.39 is 16.4 Å². The van der Waals surface area contributed by atoms with Crippen LogP contribution in [0.3, 0.4) is 0 Å². The zero-order valence-corrected chi connectivity index (χ0v) is 12.0. The number of aromatic nitrogens is 2. The number of rotatable bonds is 5. The van der Waals surface area contributed by atoms with Crippen LogP contribution in [0.4, 0.5) is 5.69 Å². The first-order valence-electron chi connectivity index (χ1n) is 6.89. The van der Waals surface area contributed by atoms with Crippen molar-refractivity contribution in [3.8, 4) is 5.75 Å². The summed E-state index contributed by atoms with van der Waals surface area (Å²) in [6, 6.07) is 13.0. The number of hydrogen-bond donors (Lipinski definition) is 1. The summed E-state index contributed by atoms with van der Waals surface area (Å²) in [4.78, 5) is 18.3. The highest BCUT2D eigenvalue weighted by molar-refractivity contribution is 5.84. The Morgan fingerprint density at radius 3 is 2.65 bits per heavy atom. The van der Waals surface area contributed by atoms with E-state index in [2.05, 4.69) is 9.97 Å². The predicted octanol–water partition coefficient (Wildman–Crippen LogP) is 2.96. The second kappa shape index (κ2) is 6.37. The molecule has 2 heterocycles. The van der Waals surface area contributed by atoms with Gasteiger partial charge in [-0.3, -0.25) is 10.1 Å². The fourth-order valence-corrected chi connectivity index (χ4v) is 2.15. The Morgan fingerprint density at radius 1 is 1.13 bits per heavy atom. The van der Waals surface area contributed by atoms with Crippen LogP contribution in [0, 0.1) is 10.1 Å². The maximum Gasteiger partial charge on any atom is 0.331 e. The molecule has 0 saturated heterocycles. The Labute approximate surface area is 131 Å². The minimum absolute atomic E-state index is 0.0972. The van der Waals surface area contributed by atoms with Gasteiger partial charge in [-0.15, -0.1) is 0 Å². The highest BCUT2D eigenvalue weighted by Crippen LogP contribution is 2.31. The topological polar surface area (TPSA) is 98.4 Å². The number of hydrogen-bond acceptors (Lipinski definition) is 6. The lowest BCUT2D eigenvalue weighted by Gasteiger charge is -2.06. The van der Waals surface area contributed by atoms with Gasteiger partial charge in [-0.25, -0.2) is 9.97 Å². The van der Waals surface area contributed by atoms with Crippen molar-refractivity contribution in [3.05, 3.63) is 70.0 Å². The van der Waals surface area contributed by atoms with Crippen molar-refractivity contribution < 1.29 is 14.8 Å². The molecule has 0 bridgehead atoms. The summed E-state index contributed by atoms with van der Waals surface area (Å²) in [6.07, 6.45) is 1.02. The second-order valence-electron chi connectivity index (χ2n) is 4.90. The van der Waals surface area contributed by atoms with Gasteiger partial charge in [0.15, 0.2) is 0 Å². The van der Waals surface area contributed by atoms with E-state index in [0.717, 1.165) is 11.8 Å². The summed E-state index contributed by atoms with van der Waals surface area (Å²) in [7, 11) is 0. The minimum atomic E-state index is -0.692. The summed E-state index contributed by atoms with van der Waals surface area (Å²) >= 11 is 0. The van der Waals surface area contributed by atoms with E-state index in [9.17, 15) is 15.2 Å². The van der Waals surface area contributed by atoms with Gasteiger partial charge in [0.25, 0.3) is 0 Å². The van der Waals surface area contributed by atoms with Gasteiger partial charge in [0, 0.05) is 0 Å². The minimum Gasteiger partial charge on any atom is -0.500 e. The molecule has 1 N–H and O–H groups in total. The molecule has 0 aliphatic rings. The van der Waals surface area contributed by atoms with Crippen LogP contribution in [-0.2, 0) is 18.0 Å². The van der Waals surface area contributed by atoms with E-state index >= 15 is 0 Å². The Balaban J connectivity index is 1.79. The standard InChI is InChI=1S/C16H13N3O4/c20-16-14(19(21)22)8-17-13-7-6-12(18-15(13)16)10-23-9-11-4-2-1-3-5-11/h1-8H,9-10H2,(H,17,20). The summed E-state index contributed by atoms with van der Waals surface area (Å²) in [5, 5.41) is 20.8. The first-order valence-corrected chi connectivity index (χ1v) is 6.89. The molecule has 0 amide bonds. The van der Waals surface area contributed by atoms with Crippen LogP contribution < -0.4 is 0 Å². The lowest BCUT2D eigenvalue weighted by Crippen LogP contribution is -1.98. The molecule has 0 unspecified atom stereocenters. The fraction of sp³-hybridized carbons (Fsp3) is 0.125. The number of aromatic hydroxyl groups is 1. The van der Waals surface area contributed by atoms with Crippen LogP contribution >= 0.6 is 0 Å². The molecule has 0 aliphatic carbocycles. The van der Waals surface area contributed by atoms with Gasteiger partial charge in [0.05, 0.1) is 29.3 Å². The maximum atomic E-state index is 10.8. The van der Waals surface area contributed by atoms with Crippen LogP contribution in [0.1, 0.15) is 11.3 Å². The van der Waals surface area contributed by atoms with Crippen molar-refractivity contribution in [3.63, 3.8) is 0 Å². The van der Waals surface area contributed by atoms with Gasteiger partial charge < -0.3 is 9.84 Å². The molecule has 7 nitrogen and oxygen atoms in total. The Kier molecular flexibility index (Phi) is 4.11. The van der Waals surface area contributed by atoms with E-state index in [1.807, 2.05) is 30.3 Å². The van der Waals surface area contributed by atoms with Crippen LogP contribution in [0.5, 0.6) is 5.75 Å². The highest BCUT2D eigenvalue weighted by atomic mass is 16.6. The lowest BCUT2D eigenvalue weighted by atomic mass is 10.2. The van der Waals surface area contributed by atoms with Crippen LogP contribution in [0.15, 0.2) is 48.7 Å². The van der Waals surface area contributed by atoms with Crippen molar-refractivity contribution in [2.75, 3.05) is 0 Å². The average Bonchev–Trinajstić information content (AvgIpc) is 2.56. The number of pyridine rings is 2. The molecule has 0 radical (unpaired) electrons. The number of benzene rings is 1. The number of ether oxygens (including phenoxy) is 1. The first-order chi connectivity index (χ1) is 11.1. The first kappa shape index (κ1) is 14.9. The zero-order valence-electron chi connectivity index (χ0n) is 12.0. The van der Waals surface area contributed by atoms with Gasteiger partial charge in [-0.1, -0.05) is 30.3 Å². The SMILES string of the molecule is O=[N+]([O-])c1cnc2ccc(COCc3ccccc3)nc2c1O. The van der Waals surface area contributed by atoms with Crippen molar-refractivity contribution in [1.82, 2.24) is 9.97 Å².